The van der Waals surface area contributed by atoms with Gasteiger partial charge in [0.05, 0.1) is 8.66 Å². The van der Waals surface area contributed by atoms with Crippen LogP contribution in [0.3, 0.4) is 0 Å². The highest BCUT2D eigenvalue weighted by atomic mass is 79.9. The highest BCUT2D eigenvalue weighted by molar-refractivity contribution is 9.11. The summed E-state index contributed by atoms with van der Waals surface area (Å²) in [5.74, 6) is 0.693. The third kappa shape index (κ3) is 2.02. The minimum absolute atomic E-state index is 0.0139. The highest BCUT2D eigenvalue weighted by Gasteiger charge is 2.15. The van der Waals surface area contributed by atoms with Crippen molar-refractivity contribution in [3.05, 3.63) is 34.2 Å². The number of hydrogen-bond acceptors (Lipinski definition) is 6. The topological polar surface area (TPSA) is 72.0 Å². The van der Waals surface area contributed by atoms with Crippen molar-refractivity contribution in [2.75, 3.05) is 0 Å². The summed E-state index contributed by atoms with van der Waals surface area (Å²) in [7, 11) is 0. The zero-order valence-electron chi connectivity index (χ0n) is 8.87. The smallest absolute Gasteiger partial charge is 0.280 e. The van der Waals surface area contributed by atoms with Crippen molar-refractivity contribution >= 4 is 27.3 Å². The van der Waals surface area contributed by atoms with Gasteiger partial charge >= 0.3 is 0 Å². The molecule has 3 heterocycles. The Morgan fingerprint density at radius 3 is 2.89 bits per heavy atom. The van der Waals surface area contributed by atoms with Gasteiger partial charge in [0.15, 0.2) is 5.69 Å². The van der Waals surface area contributed by atoms with Crippen LogP contribution in [-0.4, -0.2) is 20.2 Å². The summed E-state index contributed by atoms with van der Waals surface area (Å²) in [5, 5.41) is 13.5. The molecule has 0 aromatic carbocycles. The summed E-state index contributed by atoms with van der Waals surface area (Å²) in [5.41, 5.74) is 0.284. The lowest BCUT2D eigenvalue weighted by Gasteiger charge is -1.95. The number of rotatable bonds is 2. The highest BCUT2D eigenvalue weighted by Crippen LogP contribution is 2.31. The zero-order valence-corrected chi connectivity index (χ0v) is 11.3. The van der Waals surface area contributed by atoms with E-state index in [2.05, 4.69) is 31.1 Å². The van der Waals surface area contributed by atoms with Crippen molar-refractivity contribution in [1.29, 1.82) is 0 Å². The normalized spacial score (nSPS) is 10.7. The molecule has 0 atom stereocenters. The van der Waals surface area contributed by atoms with Crippen LogP contribution in [0.2, 0.25) is 0 Å². The molecule has 1 N–H and O–H groups in total. The van der Waals surface area contributed by atoms with Gasteiger partial charge in [0.1, 0.15) is 5.75 Å². The molecule has 18 heavy (non-hydrogen) atoms. The van der Waals surface area contributed by atoms with E-state index in [1.54, 1.807) is 12.3 Å². The first-order chi connectivity index (χ1) is 8.74. The fraction of sp³-hybridized carbons (Fsp3) is 0. The molecule has 0 fully saturated rings. The Morgan fingerprint density at radius 2 is 2.17 bits per heavy atom. The molecule has 0 aliphatic carbocycles. The predicted octanol–water partition coefficient (Wildman–Crippen LogP) is 3.33. The average molecular weight is 324 g/mol. The molecule has 0 radical (unpaired) electrons. The summed E-state index contributed by atoms with van der Waals surface area (Å²) in [4.78, 5) is 9.10. The quantitative estimate of drug-likeness (QED) is 0.783. The van der Waals surface area contributed by atoms with Gasteiger partial charge in [0.2, 0.25) is 5.82 Å². The maximum atomic E-state index is 9.65. The number of halogens is 1. The lowest BCUT2D eigenvalue weighted by atomic mass is 10.3. The maximum absolute atomic E-state index is 9.65. The molecule has 90 valence electrons. The molecule has 3 aromatic heterocycles. The Morgan fingerprint density at radius 1 is 1.28 bits per heavy atom. The maximum Gasteiger partial charge on any atom is 0.280 e. The summed E-state index contributed by atoms with van der Waals surface area (Å²) >= 11 is 4.88. The molecule has 0 aliphatic heterocycles. The van der Waals surface area contributed by atoms with Crippen molar-refractivity contribution < 1.29 is 9.63 Å². The minimum Gasteiger partial charge on any atom is -0.505 e. The Bertz CT molecular complexity index is 695. The first kappa shape index (κ1) is 11.4. The molecule has 3 rings (SSSR count). The van der Waals surface area contributed by atoms with E-state index in [-0.39, 0.29) is 17.3 Å². The van der Waals surface area contributed by atoms with E-state index in [1.165, 1.54) is 17.4 Å². The molecule has 0 saturated heterocycles. The zero-order chi connectivity index (χ0) is 12.5. The summed E-state index contributed by atoms with van der Waals surface area (Å²) in [6.45, 7) is 0. The molecule has 3 aromatic rings. The van der Waals surface area contributed by atoms with Gasteiger partial charge in [0.25, 0.3) is 5.89 Å². The Balaban J connectivity index is 2.02. The summed E-state index contributed by atoms with van der Waals surface area (Å²) < 4.78 is 6.09. The van der Waals surface area contributed by atoms with Gasteiger partial charge < -0.3 is 9.63 Å². The number of hydrogen-bond donors (Lipinski definition) is 1. The second kappa shape index (κ2) is 4.51. The van der Waals surface area contributed by atoms with Crippen LogP contribution in [-0.2, 0) is 0 Å². The van der Waals surface area contributed by atoms with E-state index in [0.717, 1.165) is 8.66 Å². The molecule has 0 amide bonds. The monoisotopic (exact) mass is 323 g/mol. The van der Waals surface area contributed by atoms with Crippen LogP contribution in [0.4, 0.5) is 0 Å². The lowest BCUT2D eigenvalue weighted by Crippen LogP contribution is -1.83. The third-order valence-corrected chi connectivity index (χ3v) is 3.83. The number of aromatic hydroxyl groups is 1. The van der Waals surface area contributed by atoms with Crippen molar-refractivity contribution in [3.63, 3.8) is 0 Å². The molecule has 0 saturated carbocycles. The van der Waals surface area contributed by atoms with Crippen molar-refractivity contribution in [1.82, 2.24) is 15.1 Å². The third-order valence-electron chi connectivity index (χ3n) is 2.21. The van der Waals surface area contributed by atoms with E-state index in [4.69, 9.17) is 4.52 Å². The van der Waals surface area contributed by atoms with Gasteiger partial charge in [-0.1, -0.05) is 5.16 Å². The summed E-state index contributed by atoms with van der Waals surface area (Å²) in [6.07, 6.45) is 1.56. The van der Waals surface area contributed by atoms with Gasteiger partial charge in [-0.05, 0) is 40.2 Å². The van der Waals surface area contributed by atoms with E-state index in [9.17, 15) is 5.11 Å². The van der Waals surface area contributed by atoms with E-state index >= 15 is 0 Å². The number of aromatic nitrogens is 3. The standard InChI is InChI=1S/C11H6BrN3O2S/c12-8-4-3-7(18-8)10-14-11(17-15-10)9-6(16)2-1-5-13-9/h1-5,16H. The average Bonchev–Trinajstić information content (AvgIpc) is 2.98. The largest absolute Gasteiger partial charge is 0.505 e. The molecule has 7 heteroatoms. The van der Waals surface area contributed by atoms with Crippen molar-refractivity contribution in [2.24, 2.45) is 0 Å². The van der Waals surface area contributed by atoms with Gasteiger partial charge in [0, 0.05) is 6.20 Å². The summed E-state index contributed by atoms with van der Waals surface area (Å²) in [6, 6.07) is 6.95. The van der Waals surface area contributed by atoms with Gasteiger partial charge in [-0.2, -0.15) is 4.98 Å². The fourth-order valence-electron chi connectivity index (χ4n) is 1.42. The van der Waals surface area contributed by atoms with Gasteiger partial charge in [-0.3, -0.25) is 0 Å². The van der Waals surface area contributed by atoms with E-state index in [1.807, 2.05) is 12.1 Å². The van der Waals surface area contributed by atoms with Gasteiger partial charge in [-0.15, -0.1) is 11.3 Å². The SMILES string of the molecule is Oc1cccnc1-c1nc(-c2ccc(Br)s2)no1. The first-order valence-electron chi connectivity index (χ1n) is 4.98. The van der Waals surface area contributed by atoms with Crippen LogP contribution in [0.1, 0.15) is 0 Å². The van der Waals surface area contributed by atoms with Crippen LogP contribution < -0.4 is 0 Å². The Labute approximate surface area is 114 Å². The second-order valence-corrected chi connectivity index (χ2v) is 5.86. The fourth-order valence-corrected chi connectivity index (χ4v) is 2.73. The van der Waals surface area contributed by atoms with Crippen LogP contribution in [0, 0.1) is 0 Å². The Kier molecular flexibility index (Phi) is 2.85. The molecule has 0 unspecified atom stereocenters. The van der Waals surface area contributed by atoms with Crippen molar-refractivity contribution in [2.45, 2.75) is 0 Å². The molecule has 0 aliphatic rings. The molecular formula is C11H6BrN3O2S. The number of nitrogens with zero attached hydrogens (tertiary/aromatic N) is 3. The Hall–Kier alpha value is -1.73. The molecule has 5 nitrogen and oxygen atoms in total. The molecule has 0 bridgehead atoms. The first-order valence-corrected chi connectivity index (χ1v) is 6.59. The molecular weight excluding hydrogens is 318 g/mol. The van der Waals surface area contributed by atoms with Crippen LogP contribution in [0.25, 0.3) is 22.3 Å². The number of thiophene rings is 1. The lowest BCUT2D eigenvalue weighted by molar-refractivity contribution is 0.423. The van der Waals surface area contributed by atoms with Crippen molar-refractivity contribution in [3.8, 4) is 28.0 Å². The second-order valence-electron chi connectivity index (χ2n) is 3.40. The van der Waals surface area contributed by atoms with E-state index in [0.29, 0.717) is 5.82 Å². The predicted molar refractivity (Wildman–Crippen MR) is 70.2 cm³/mol. The van der Waals surface area contributed by atoms with E-state index < -0.39 is 0 Å². The minimum atomic E-state index is 0.0139. The van der Waals surface area contributed by atoms with Crippen LogP contribution in [0.15, 0.2) is 38.8 Å². The van der Waals surface area contributed by atoms with Crippen LogP contribution in [0.5, 0.6) is 5.75 Å². The number of pyridine rings is 1. The van der Waals surface area contributed by atoms with Crippen LogP contribution >= 0.6 is 27.3 Å². The van der Waals surface area contributed by atoms with Gasteiger partial charge in [-0.25, -0.2) is 4.98 Å². The molecule has 0 spiro atoms.